The minimum Gasteiger partial charge on any atom is -0.462 e. The first-order valence-corrected chi connectivity index (χ1v) is 8.36. The molecule has 0 radical (unpaired) electrons. The summed E-state index contributed by atoms with van der Waals surface area (Å²) in [5.74, 6) is 0.627. The quantitative estimate of drug-likeness (QED) is 0.583. The predicted octanol–water partition coefficient (Wildman–Crippen LogP) is 3.70. The van der Waals surface area contributed by atoms with E-state index in [-0.39, 0.29) is 5.97 Å². The number of esters is 1. The molecule has 0 amide bonds. The van der Waals surface area contributed by atoms with Crippen LogP contribution in [0.4, 0.5) is 0 Å². The van der Waals surface area contributed by atoms with Crippen molar-refractivity contribution in [2.45, 2.75) is 33.2 Å². The maximum absolute atomic E-state index is 11.9. The van der Waals surface area contributed by atoms with Gasteiger partial charge in [-0.25, -0.2) is 4.79 Å². The predicted molar refractivity (Wildman–Crippen MR) is 88.8 cm³/mol. The maximum atomic E-state index is 11.9. The molecule has 1 heterocycles. The van der Waals surface area contributed by atoms with Crippen molar-refractivity contribution in [2.24, 2.45) is 5.92 Å². The zero-order chi connectivity index (χ0) is 14.5. The van der Waals surface area contributed by atoms with Crippen LogP contribution in [0.3, 0.4) is 0 Å². The molecule has 110 valence electrons. The average Bonchev–Trinajstić information content (AvgIpc) is 2.44. The smallest absolute Gasteiger partial charge is 0.339 e. The van der Waals surface area contributed by atoms with Gasteiger partial charge in [-0.3, -0.25) is 4.90 Å². The topological polar surface area (TPSA) is 29.5 Å². The standard InChI is InChI=1S/C16H22INO2/c1-3-20-16(19)14-6-4-5-13(15(14)17)11-18-9-7-12(2)8-10-18/h4-6,12H,3,7-11H2,1-2H3. The first kappa shape index (κ1) is 15.8. The highest BCUT2D eigenvalue weighted by Crippen LogP contribution is 2.23. The van der Waals surface area contributed by atoms with Gasteiger partial charge in [0.15, 0.2) is 0 Å². The molecule has 0 spiro atoms. The number of likely N-dealkylation sites (tertiary alicyclic amines) is 1. The largest absolute Gasteiger partial charge is 0.462 e. The van der Waals surface area contributed by atoms with Crippen LogP contribution in [0.5, 0.6) is 0 Å². The van der Waals surface area contributed by atoms with Gasteiger partial charge in [-0.2, -0.15) is 0 Å². The lowest BCUT2D eigenvalue weighted by Gasteiger charge is -2.30. The summed E-state index contributed by atoms with van der Waals surface area (Å²) < 4.78 is 6.14. The van der Waals surface area contributed by atoms with Crippen molar-refractivity contribution in [2.75, 3.05) is 19.7 Å². The highest BCUT2D eigenvalue weighted by Gasteiger charge is 2.19. The summed E-state index contributed by atoms with van der Waals surface area (Å²) in [5, 5.41) is 0. The second kappa shape index (κ2) is 7.41. The molecule has 0 N–H and O–H groups in total. The van der Waals surface area contributed by atoms with Gasteiger partial charge in [-0.05, 0) is 73.0 Å². The molecule has 0 atom stereocenters. The molecular weight excluding hydrogens is 365 g/mol. The summed E-state index contributed by atoms with van der Waals surface area (Å²) in [6, 6.07) is 5.92. The van der Waals surface area contributed by atoms with Crippen LogP contribution < -0.4 is 0 Å². The first-order chi connectivity index (χ1) is 9.61. The molecule has 1 aliphatic rings. The molecule has 1 aromatic rings. The molecule has 1 fully saturated rings. The van der Waals surface area contributed by atoms with Gasteiger partial charge in [0.05, 0.1) is 12.2 Å². The van der Waals surface area contributed by atoms with Gasteiger partial charge in [-0.15, -0.1) is 0 Å². The Kier molecular flexibility index (Phi) is 5.84. The Bertz CT molecular complexity index is 468. The molecule has 0 aromatic heterocycles. The number of piperidine rings is 1. The fourth-order valence-corrected chi connectivity index (χ4v) is 3.28. The number of halogens is 1. The molecular formula is C16H22INO2. The number of hydrogen-bond acceptors (Lipinski definition) is 3. The van der Waals surface area contributed by atoms with Crippen molar-refractivity contribution in [1.29, 1.82) is 0 Å². The van der Waals surface area contributed by atoms with Crippen LogP contribution in [-0.2, 0) is 11.3 Å². The summed E-state index contributed by atoms with van der Waals surface area (Å²) in [5.41, 5.74) is 1.92. The second-order valence-electron chi connectivity index (χ2n) is 5.46. The fraction of sp³-hybridized carbons (Fsp3) is 0.562. The lowest BCUT2D eigenvalue weighted by molar-refractivity contribution is 0.0525. The molecule has 0 unspecified atom stereocenters. The molecule has 1 aromatic carbocycles. The fourth-order valence-electron chi connectivity index (χ4n) is 2.53. The van der Waals surface area contributed by atoms with Crippen LogP contribution in [0.1, 0.15) is 42.6 Å². The third kappa shape index (κ3) is 3.95. The zero-order valence-corrected chi connectivity index (χ0v) is 14.4. The molecule has 2 rings (SSSR count). The number of hydrogen-bond donors (Lipinski definition) is 0. The number of carbonyl (C=O) groups is 1. The number of rotatable bonds is 4. The average molecular weight is 387 g/mol. The van der Waals surface area contributed by atoms with Crippen molar-refractivity contribution >= 4 is 28.6 Å². The van der Waals surface area contributed by atoms with E-state index in [0.717, 1.165) is 29.1 Å². The van der Waals surface area contributed by atoms with E-state index in [2.05, 4.69) is 40.5 Å². The van der Waals surface area contributed by atoms with Crippen molar-refractivity contribution in [3.05, 3.63) is 32.9 Å². The minimum atomic E-state index is -0.217. The molecule has 0 aliphatic carbocycles. The summed E-state index contributed by atoms with van der Waals surface area (Å²) >= 11 is 2.27. The molecule has 20 heavy (non-hydrogen) atoms. The van der Waals surface area contributed by atoms with E-state index in [0.29, 0.717) is 12.2 Å². The van der Waals surface area contributed by atoms with E-state index in [1.165, 1.54) is 18.4 Å². The Balaban J connectivity index is 2.08. The SMILES string of the molecule is CCOC(=O)c1cccc(CN2CCC(C)CC2)c1I. The third-order valence-electron chi connectivity index (χ3n) is 3.84. The Morgan fingerprint density at radius 1 is 1.40 bits per heavy atom. The van der Waals surface area contributed by atoms with E-state index in [9.17, 15) is 4.79 Å². The third-order valence-corrected chi connectivity index (χ3v) is 5.12. The Morgan fingerprint density at radius 3 is 2.75 bits per heavy atom. The lowest BCUT2D eigenvalue weighted by Crippen LogP contribution is -2.32. The van der Waals surface area contributed by atoms with E-state index >= 15 is 0 Å². The van der Waals surface area contributed by atoms with Crippen molar-refractivity contribution in [3.8, 4) is 0 Å². The summed E-state index contributed by atoms with van der Waals surface area (Å²) in [7, 11) is 0. The molecule has 1 saturated heterocycles. The summed E-state index contributed by atoms with van der Waals surface area (Å²) in [4.78, 5) is 14.4. The maximum Gasteiger partial charge on any atom is 0.339 e. The number of nitrogens with zero attached hydrogens (tertiary/aromatic N) is 1. The normalized spacial score (nSPS) is 17.1. The Morgan fingerprint density at radius 2 is 2.10 bits per heavy atom. The Labute approximate surface area is 134 Å². The van der Waals surface area contributed by atoms with Crippen LogP contribution in [0.2, 0.25) is 0 Å². The number of benzene rings is 1. The van der Waals surface area contributed by atoms with Crippen molar-refractivity contribution < 1.29 is 9.53 Å². The van der Waals surface area contributed by atoms with Gasteiger partial charge >= 0.3 is 5.97 Å². The van der Waals surface area contributed by atoms with Crippen molar-refractivity contribution in [3.63, 3.8) is 0 Å². The number of ether oxygens (including phenoxy) is 1. The molecule has 3 nitrogen and oxygen atoms in total. The van der Waals surface area contributed by atoms with Gasteiger partial charge < -0.3 is 4.74 Å². The van der Waals surface area contributed by atoms with E-state index < -0.39 is 0 Å². The van der Waals surface area contributed by atoms with Crippen LogP contribution in [0.25, 0.3) is 0 Å². The number of carbonyl (C=O) groups excluding carboxylic acids is 1. The van der Waals surface area contributed by atoms with Crippen LogP contribution >= 0.6 is 22.6 Å². The minimum absolute atomic E-state index is 0.217. The molecule has 0 bridgehead atoms. The van der Waals surface area contributed by atoms with E-state index in [1.54, 1.807) is 0 Å². The van der Waals surface area contributed by atoms with Gasteiger partial charge in [0.25, 0.3) is 0 Å². The summed E-state index contributed by atoms with van der Waals surface area (Å²) in [6.45, 7) is 7.81. The monoisotopic (exact) mass is 387 g/mol. The van der Waals surface area contributed by atoms with E-state index in [4.69, 9.17) is 4.74 Å². The highest BCUT2D eigenvalue weighted by molar-refractivity contribution is 14.1. The van der Waals surface area contributed by atoms with Gasteiger partial charge in [0, 0.05) is 10.1 Å². The van der Waals surface area contributed by atoms with Crippen LogP contribution in [-0.4, -0.2) is 30.6 Å². The van der Waals surface area contributed by atoms with Crippen LogP contribution in [0, 0.1) is 9.49 Å². The lowest BCUT2D eigenvalue weighted by atomic mass is 9.98. The van der Waals surface area contributed by atoms with Crippen LogP contribution in [0.15, 0.2) is 18.2 Å². The molecule has 1 aliphatic heterocycles. The molecule has 0 saturated carbocycles. The Hall–Kier alpha value is -0.620. The second-order valence-corrected chi connectivity index (χ2v) is 6.54. The summed E-state index contributed by atoms with van der Waals surface area (Å²) in [6.07, 6.45) is 2.54. The zero-order valence-electron chi connectivity index (χ0n) is 12.2. The van der Waals surface area contributed by atoms with E-state index in [1.807, 2.05) is 19.1 Å². The molecule has 4 heteroatoms. The highest BCUT2D eigenvalue weighted by atomic mass is 127. The first-order valence-electron chi connectivity index (χ1n) is 7.28. The van der Waals surface area contributed by atoms with Gasteiger partial charge in [-0.1, -0.05) is 19.1 Å². The van der Waals surface area contributed by atoms with Crippen molar-refractivity contribution in [1.82, 2.24) is 4.90 Å². The van der Waals surface area contributed by atoms with Gasteiger partial charge in [0.2, 0.25) is 0 Å². The van der Waals surface area contributed by atoms with Gasteiger partial charge in [0.1, 0.15) is 0 Å².